The lowest BCUT2D eigenvalue weighted by atomic mass is 9.99. The van der Waals surface area contributed by atoms with Gasteiger partial charge in [-0.1, -0.05) is 13.8 Å². The number of amides is 3. The first kappa shape index (κ1) is 21.7. The highest BCUT2D eigenvalue weighted by Gasteiger charge is 2.69. The first-order valence-corrected chi connectivity index (χ1v) is 9.97. The molecule has 2 heterocycles. The first-order valence-electron chi connectivity index (χ1n) is 9.97. The summed E-state index contributed by atoms with van der Waals surface area (Å²) in [6, 6.07) is 3.59. The molecule has 3 N–H and O–H groups in total. The van der Waals surface area contributed by atoms with Gasteiger partial charge < -0.3 is 20.7 Å². The summed E-state index contributed by atoms with van der Waals surface area (Å²) in [5, 5.41) is 2.71. The molecular formula is C22H22F2N4O4. The van der Waals surface area contributed by atoms with E-state index in [4.69, 9.17) is 10.5 Å². The molecule has 2 aliphatic rings. The number of rotatable bonds is 5. The second-order valence-corrected chi connectivity index (χ2v) is 8.61. The number of nitrogens with zero attached hydrogens (tertiary/aromatic N) is 2. The summed E-state index contributed by atoms with van der Waals surface area (Å²) >= 11 is 0. The molecule has 1 aliphatic heterocycles. The SMILES string of the molecule is COc1cc(F)c(F)cc1C(=O)N1C[C@H]2[C@@H]([C@H]1C(=O)Nc1ccnc(C(N)=O)c1)C2(C)C. The fourth-order valence-corrected chi connectivity index (χ4v) is 4.67. The summed E-state index contributed by atoms with van der Waals surface area (Å²) in [5.41, 5.74) is 5.21. The predicted octanol–water partition coefficient (Wildman–Crippen LogP) is 2.20. The largest absolute Gasteiger partial charge is 0.496 e. The van der Waals surface area contributed by atoms with Crippen molar-refractivity contribution >= 4 is 23.4 Å². The van der Waals surface area contributed by atoms with Gasteiger partial charge in [-0.15, -0.1) is 0 Å². The van der Waals surface area contributed by atoms with E-state index in [1.54, 1.807) is 0 Å². The lowest BCUT2D eigenvalue weighted by Crippen LogP contribution is -2.47. The van der Waals surface area contributed by atoms with Gasteiger partial charge in [0.25, 0.3) is 11.8 Å². The minimum atomic E-state index is -1.18. The number of carbonyl (C=O) groups excluding carboxylic acids is 3. The van der Waals surface area contributed by atoms with E-state index in [1.165, 1.54) is 30.3 Å². The van der Waals surface area contributed by atoms with Crippen LogP contribution in [0.1, 0.15) is 34.7 Å². The van der Waals surface area contributed by atoms with Crippen LogP contribution in [-0.4, -0.2) is 47.3 Å². The van der Waals surface area contributed by atoms with Crippen molar-refractivity contribution in [2.45, 2.75) is 19.9 Å². The zero-order valence-corrected chi connectivity index (χ0v) is 17.7. The zero-order chi connectivity index (χ0) is 23.4. The molecule has 3 atom stereocenters. The van der Waals surface area contributed by atoms with Crippen LogP contribution in [0.15, 0.2) is 30.5 Å². The Bertz CT molecular complexity index is 1140. The minimum Gasteiger partial charge on any atom is -0.496 e. The highest BCUT2D eigenvalue weighted by atomic mass is 19.2. The highest BCUT2D eigenvalue weighted by molar-refractivity contribution is 6.04. The number of primary amides is 1. The zero-order valence-electron chi connectivity index (χ0n) is 17.7. The third kappa shape index (κ3) is 3.45. The van der Waals surface area contributed by atoms with Crippen LogP contribution in [0.2, 0.25) is 0 Å². The minimum absolute atomic E-state index is 0.0155. The van der Waals surface area contributed by atoms with Crippen molar-refractivity contribution in [1.29, 1.82) is 0 Å². The number of fused-ring (bicyclic) bond motifs is 1. The lowest BCUT2D eigenvalue weighted by molar-refractivity contribution is -0.120. The predicted molar refractivity (Wildman–Crippen MR) is 110 cm³/mol. The molecule has 0 unspecified atom stereocenters. The van der Waals surface area contributed by atoms with E-state index in [2.05, 4.69) is 10.3 Å². The van der Waals surface area contributed by atoms with Gasteiger partial charge >= 0.3 is 0 Å². The van der Waals surface area contributed by atoms with Crippen LogP contribution >= 0.6 is 0 Å². The van der Waals surface area contributed by atoms with Crippen molar-refractivity contribution in [2.75, 3.05) is 19.0 Å². The molecule has 1 aromatic heterocycles. The van der Waals surface area contributed by atoms with Crippen molar-refractivity contribution in [1.82, 2.24) is 9.88 Å². The van der Waals surface area contributed by atoms with Crippen LogP contribution < -0.4 is 15.8 Å². The Labute approximate surface area is 182 Å². The number of halogens is 2. The van der Waals surface area contributed by atoms with Crippen LogP contribution in [0.5, 0.6) is 5.75 Å². The third-order valence-electron chi connectivity index (χ3n) is 6.49. The average molecular weight is 444 g/mol. The number of anilines is 1. The number of carbonyl (C=O) groups is 3. The van der Waals surface area contributed by atoms with E-state index >= 15 is 0 Å². The summed E-state index contributed by atoms with van der Waals surface area (Å²) in [4.78, 5) is 43.1. The Hall–Kier alpha value is -3.56. The first-order chi connectivity index (χ1) is 15.1. The maximum absolute atomic E-state index is 13.9. The number of hydrogen-bond donors (Lipinski definition) is 2. The van der Waals surface area contributed by atoms with Gasteiger partial charge in [0.15, 0.2) is 11.6 Å². The van der Waals surface area contributed by atoms with E-state index in [1.807, 2.05) is 13.8 Å². The van der Waals surface area contributed by atoms with E-state index in [0.717, 1.165) is 12.1 Å². The normalized spacial score (nSPS) is 22.8. The smallest absolute Gasteiger partial charge is 0.267 e. The topological polar surface area (TPSA) is 115 Å². The Kier molecular flexibility index (Phi) is 5.10. The molecule has 10 heteroatoms. The fourth-order valence-electron chi connectivity index (χ4n) is 4.67. The fraction of sp³-hybridized carbons (Fsp3) is 0.364. The van der Waals surface area contributed by atoms with E-state index < -0.39 is 35.4 Å². The van der Waals surface area contributed by atoms with E-state index in [0.29, 0.717) is 12.2 Å². The highest BCUT2D eigenvalue weighted by Crippen LogP contribution is 2.65. The molecule has 1 saturated heterocycles. The van der Waals surface area contributed by atoms with Crippen molar-refractivity contribution in [3.8, 4) is 5.75 Å². The molecule has 32 heavy (non-hydrogen) atoms. The number of piperidine rings is 1. The monoisotopic (exact) mass is 444 g/mol. The molecule has 1 aliphatic carbocycles. The number of methoxy groups -OCH3 is 1. The third-order valence-corrected chi connectivity index (χ3v) is 6.49. The van der Waals surface area contributed by atoms with Crippen LogP contribution in [-0.2, 0) is 4.79 Å². The van der Waals surface area contributed by atoms with Gasteiger partial charge in [-0.2, -0.15) is 0 Å². The number of aromatic nitrogens is 1. The molecule has 4 rings (SSSR count). The number of nitrogens with one attached hydrogen (secondary N) is 1. The van der Waals surface area contributed by atoms with Gasteiger partial charge in [0, 0.05) is 24.5 Å². The molecular weight excluding hydrogens is 422 g/mol. The van der Waals surface area contributed by atoms with Crippen LogP contribution in [0.3, 0.4) is 0 Å². The molecule has 0 radical (unpaired) electrons. The van der Waals surface area contributed by atoms with Crippen LogP contribution in [0.25, 0.3) is 0 Å². The standard InChI is InChI=1S/C22H22F2N4O4/c1-22(2)12-9-28(21(31)11-7-13(23)14(24)8-16(11)32-3)18(17(12)22)20(30)27-10-4-5-26-15(6-10)19(25)29/h4-8,12,17-18H,9H2,1-3H3,(H2,25,29)(H,26,27,30)/t12-,17-,18-/m0/s1. The molecule has 8 nitrogen and oxygen atoms in total. The maximum Gasteiger partial charge on any atom is 0.267 e. The number of nitrogens with two attached hydrogens (primary N) is 1. The second-order valence-electron chi connectivity index (χ2n) is 8.61. The quantitative estimate of drug-likeness (QED) is 0.734. The molecule has 2 fully saturated rings. The van der Waals surface area contributed by atoms with Crippen LogP contribution in [0.4, 0.5) is 14.5 Å². The van der Waals surface area contributed by atoms with Crippen molar-refractivity contribution < 1.29 is 27.9 Å². The summed E-state index contributed by atoms with van der Waals surface area (Å²) < 4.78 is 32.5. The molecule has 1 saturated carbocycles. The van der Waals surface area contributed by atoms with Crippen molar-refractivity contribution in [3.05, 3.63) is 53.4 Å². The summed E-state index contributed by atoms with van der Waals surface area (Å²) in [6.45, 7) is 4.32. The number of pyridine rings is 1. The van der Waals surface area contributed by atoms with Gasteiger partial charge in [0.2, 0.25) is 5.91 Å². The van der Waals surface area contributed by atoms with E-state index in [-0.39, 0.29) is 34.3 Å². The van der Waals surface area contributed by atoms with E-state index in [9.17, 15) is 23.2 Å². The Morgan fingerprint density at radius 3 is 2.56 bits per heavy atom. The number of hydrogen-bond acceptors (Lipinski definition) is 5. The lowest BCUT2D eigenvalue weighted by Gasteiger charge is -2.30. The second kappa shape index (κ2) is 7.54. The molecule has 3 amide bonds. The summed E-state index contributed by atoms with van der Waals surface area (Å²) in [7, 11) is 1.25. The Balaban J connectivity index is 1.64. The van der Waals surface area contributed by atoms with Gasteiger partial charge in [0.1, 0.15) is 17.5 Å². The molecule has 2 aromatic rings. The Morgan fingerprint density at radius 1 is 1.22 bits per heavy atom. The van der Waals surface area contributed by atoms with Gasteiger partial charge in [-0.25, -0.2) is 8.78 Å². The molecule has 0 spiro atoms. The number of likely N-dealkylation sites (tertiary alicyclic amines) is 1. The van der Waals surface area contributed by atoms with Crippen molar-refractivity contribution in [3.63, 3.8) is 0 Å². The molecule has 168 valence electrons. The van der Waals surface area contributed by atoms with Crippen molar-refractivity contribution in [2.24, 2.45) is 23.0 Å². The summed E-state index contributed by atoms with van der Waals surface area (Å²) in [5.74, 6) is -4.30. The summed E-state index contributed by atoms with van der Waals surface area (Å²) in [6.07, 6.45) is 1.34. The maximum atomic E-state index is 13.9. The van der Waals surface area contributed by atoms with Gasteiger partial charge in [-0.05, 0) is 35.4 Å². The Morgan fingerprint density at radius 2 is 1.91 bits per heavy atom. The number of benzene rings is 1. The average Bonchev–Trinajstić information content (AvgIpc) is 3.09. The van der Waals surface area contributed by atoms with Crippen LogP contribution in [0, 0.1) is 28.9 Å². The molecule has 1 aromatic carbocycles. The molecule has 0 bridgehead atoms. The van der Waals surface area contributed by atoms with Gasteiger partial charge in [0.05, 0.1) is 12.7 Å². The number of ether oxygens (including phenoxy) is 1. The van der Waals surface area contributed by atoms with Gasteiger partial charge in [-0.3, -0.25) is 19.4 Å².